The van der Waals surface area contributed by atoms with Gasteiger partial charge in [0.2, 0.25) is 10.0 Å². The van der Waals surface area contributed by atoms with Gasteiger partial charge in [-0.2, -0.15) is 4.31 Å². The molecule has 1 aliphatic rings. The van der Waals surface area contributed by atoms with E-state index in [9.17, 15) is 12.8 Å². The molecule has 3 aromatic rings. The fraction of sp³-hybridized carbons (Fsp3) is 0.316. The number of hydrogen-bond acceptors (Lipinski definition) is 4. The summed E-state index contributed by atoms with van der Waals surface area (Å²) in [7, 11) is -3.58. The highest BCUT2D eigenvalue weighted by Gasteiger charge is 2.28. The van der Waals surface area contributed by atoms with Gasteiger partial charge in [-0.25, -0.2) is 17.8 Å². The first kappa shape index (κ1) is 18.5. The zero-order chi connectivity index (χ0) is 18.9. The van der Waals surface area contributed by atoms with Gasteiger partial charge in [0, 0.05) is 13.0 Å². The SMILES string of the molecule is O=S(=O)(c1ccc(F)cc1)N1CCC[NH+](Cc2nc3ccccc3s2)CC1. The zero-order valence-electron chi connectivity index (χ0n) is 14.8. The van der Waals surface area contributed by atoms with E-state index in [1.54, 1.807) is 11.3 Å². The molecule has 0 saturated carbocycles. The van der Waals surface area contributed by atoms with Crippen LogP contribution in [0.15, 0.2) is 53.4 Å². The third kappa shape index (κ3) is 4.03. The van der Waals surface area contributed by atoms with Crippen LogP contribution in [-0.2, 0) is 16.6 Å². The summed E-state index contributed by atoms with van der Waals surface area (Å²) in [6.45, 7) is 3.40. The van der Waals surface area contributed by atoms with Crippen LogP contribution in [0.1, 0.15) is 11.4 Å². The van der Waals surface area contributed by atoms with Crippen molar-refractivity contribution in [3.05, 3.63) is 59.4 Å². The summed E-state index contributed by atoms with van der Waals surface area (Å²) in [6.07, 6.45) is 0.792. The lowest BCUT2D eigenvalue weighted by molar-refractivity contribution is -0.911. The maximum absolute atomic E-state index is 13.1. The van der Waals surface area contributed by atoms with Crippen LogP contribution in [0.3, 0.4) is 0 Å². The molecule has 0 amide bonds. The third-order valence-electron chi connectivity index (χ3n) is 4.84. The van der Waals surface area contributed by atoms with Crippen LogP contribution in [0.25, 0.3) is 10.2 Å². The van der Waals surface area contributed by atoms with E-state index in [2.05, 4.69) is 6.07 Å². The van der Waals surface area contributed by atoms with Gasteiger partial charge in [0.25, 0.3) is 0 Å². The number of para-hydroxylation sites is 1. The molecule has 2 aromatic carbocycles. The Morgan fingerprint density at radius 2 is 1.85 bits per heavy atom. The molecule has 0 aliphatic carbocycles. The van der Waals surface area contributed by atoms with Crippen molar-refractivity contribution in [2.24, 2.45) is 0 Å². The highest BCUT2D eigenvalue weighted by atomic mass is 32.2. The summed E-state index contributed by atoms with van der Waals surface area (Å²) in [5.74, 6) is -0.434. The quantitative estimate of drug-likeness (QED) is 0.720. The summed E-state index contributed by atoms with van der Waals surface area (Å²) in [4.78, 5) is 6.18. The van der Waals surface area contributed by atoms with Gasteiger partial charge >= 0.3 is 0 Å². The highest BCUT2D eigenvalue weighted by molar-refractivity contribution is 7.89. The van der Waals surface area contributed by atoms with Crippen molar-refractivity contribution < 1.29 is 17.7 Å². The Bertz CT molecular complexity index is 1000. The van der Waals surface area contributed by atoms with Gasteiger partial charge in [0.1, 0.15) is 17.4 Å². The van der Waals surface area contributed by atoms with E-state index in [4.69, 9.17) is 4.98 Å². The van der Waals surface area contributed by atoms with Gasteiger partial charge in [-0.1, -0.05) is 12.1 Å². The molecule has 142 valence electrons. The Kier molecular flexibility index (Phi) is 5.23. The normalized spacial score (nSPS) is 19.2. The summed E-state index contributed by atoms with van der Waals surface area (Å²) in [5, 5.41) is 1.08. The second-order valence-electron chi connectivity index (χ2n) is 6.71. The van der Waals surface area contributed by atoms with E-state index in [1.807, 2.05) is 18.2 Å². The monoisotopic (exact) mass is 406 g/mol. The van der Waals surface area contributed by atoms with Gasteiger partial charge in [0.05, 0.1) is 34.7 Å². The standard InChI is InChI=1S/C19H20FN3O2S2/c20-15-6-8-16(9-7-15)27(24,25)23-11-3-10-22(12-13-23)14-19-21-17-4-1-2-5-18(17)26-19/h1-2,4-9H,3,10-14H2/p+1. The van der Waals surface area contributed by atoms with E-state index in [0.717, 1.165) is 36.6 Å². The maximum Gasteiger partial charge on any atom is 0.243 e. The van der Waals surface area contributed by atoms with Crippen molar-refractivity contribution in [2.45, 2.75) is 17.9 Å². The highest BCUT2D eigenvalue weighted by Crippen LogP contribution is 2.21. The van der Waals surface area contributed by atoms with Gasteiger partial charge in [-0.3, -0.25) is 0 Å². The smallest absolute Gasteiger partial charge is 0.243 e. The molecule has 1 aromatic heterocycles. The number of fused-ring (bicyclic) bond motifs is 1. The second-order valence-corrected chi connectivity index (χ2v) is 9.77. The molecule has 0 spiro atoms. The molecule has 0 radical (unpaired) electrons. The minimum atomic E-state index is -3.58. The minimum Gasteiger partial charge on any atom is -0.328 e. The number of nitrogens with one attached hydrogen (secondary N) is 1. The number of quaternary nitrogens is 1. The average molecular weight is 407 g/mol. The van der Waals surface area contributed by atoms with E-state index >= 15 is 0 Å². The molecular formula is C19H21FN3O2S2+. The Labute approximate surface area is 162 Å². The molecule has 4 rings (SSSR count). The van der Waals surface area contributed by atoms with E-state index in [1.165, 1.54) is 38.2 Å². The van der Waals surface area contributed by atoms with Crippen molar-refractivity contribution in [2.75, 3.05) is 26.2 Å². The molecule has 1 atom stereocenters. The van der Waals surface area contributed by atoms with Crippen LogP contribution >= 0.6 is 11.3 Å². The lowest BCUT2D eigenvalue weighted by Crippen LogP contribution is -3.11. The van der Waals surface area contributed by atoms with Crippen molar-refractivity contribution in [1.29, 1.82) is 0 Å². The summed E-state index contributed by atoms with van der Waals surface area (Å²) < 4.78 is 41.4. The lowest BCUT2D eigenvalue weighted by Gasteiger charge is -2.19. The number of hydrogen-bond donors (Lipinski definition) is 1. The molecular weight excluding hydrogens is 385 g/mol. The Morgan fingerprint density at radius 1 is 1.07 bits per heavy atom. The number of benzene rings is 2. The van der Waals surface area contributed by atoms with Gasteiger partial charge in [-0.05, 0) is 36.4 Å². The molecule has 1 N–H and O–H groups in total. The molecule has 8 heteroatoms. The lowest BCUT2D eigenvalue weighted by atomic mass is 10.3. The number of sulfonamides is 1. The third-order valence-corrected chi connectivity index (χ3v) is 7.79. The number of halogens is 1. The molecule has 1 unspecified atom stereocenters. The Morgan fingerprint density at radius 3 is 2.63 bits per heavy atom. The number of rotatable bonds is 4. The van der Waals surface area contributed by atoms with Crippen molar-refractivity contribution >= 4 is 31.6 Å². The fourth-order valence-electron chi connectivity index (χ4n) is 3.41. The van der Waals surface area contributed by atoms with Crippen LogP contribution in [0.5, 0.6) is 0 Å². The maximum atomic E-state index is 13.1. The van der Waals surface area contributed by atoms with Crippen molar-refractivity contribution in [3.8, 4) is 0 Å². The molecule has 5 nitrogen and oxygen atoms in total. The molecule has 27 heavy (non-hydrogen) atoms. The topological polar surface area (TPSA) is 54.7 Å². The second kappa shape index (κ2) is 7.63. The fourth-order valence-corrected chi connectivity index (χ4v) is 5.93. The van der Waals surface area contributed by atoms with E-state index in [-0.39, 0.29) is 4.90 Å². The molecule has 2 heterocycles. The summed E-state index contributed by atoms with van der Waals surface area (Å²) in [5.41, 5.74) is 1.02. The van der Waals surface area contributed by atoms with Gasteiger partial charge in [-0.15, -0.1) is 11.3 Å². The first-order valence-electron chi connectivity index (χ1n) is 8.96. The summed E-state index contributed by atoms with van der Waals surface area (Å²) in [6, 6.07) is 13.1. The van der Waals surface area contributed by atoms with Crippen LogP contribution in [0.2, 0.25) is 0 Å². The predicted molar refractivity (Wildman–Crippen MR) is 104 cm³/mol. The van der Waals surface area contributed by atoms with Gasteiger partial charge < -0.3 is 4.90 Å². The number of thiazole rings is 1. The number of nitrogens with zero attached hydrogens (tertiary/aromatic N) is 2. The Balaban J connectivity index is 1.44. The van der Waals surface area contributed by atoms with Gasteiger partial charge in [0.15, 0.2) is 0 Å². The predicted octanol–water partition coefficient (Wildman–Crippen LogP) is 1.91. The largest absolute Gasteiger partial charge is 0.328 e. The zero-order valence-corrected chi connectivity index (χ0v) is 16.4. The molecule has 0 bridgehead atoms. The van der Waals surface area contributed by atoms with Crippen molar-refractivity contribution in [3.63, 3.8) is 0 Å². The first-order valence-corrected chi connectivity index (χ1v) is 11.2. The molecule has 1 saturated heterocycles. The first-order chi connectivity index (χ1) is 13.0. The van der Waals surface area contributed by atoms with Crippen molar-refractivity contribution in [1.82, 2.24) is 9.29 Å². The summed E-state index contributed by atoms with van der Waals surface area (Å²) >= 11 is 1.70. The van der Waals surface area contributed by atoms with E-state index in [0.29, 0.717) is 13.1 Å². The molecule has 1 aliphatic heterocycles. The minimum absolute atomic E-state index is 0.151. The number of aromatic nitrogens is 1. The molecule has 1 fully saturated rings. The van der Waals surface area contributed by atoms with Crippen LogP contribution < -0.4 is 4.90 Å². The Hall–Kier alpha value is -1.87. The van der Waals surface area contributed by atoms with Crippen LogP contribution in [-0.4, -0.2) is 43.9 Å². The average Bonchev–Trinajstić information content (AvgIpc) is 2.91. The van der Waals surface area contributed by atoms with E-state index < -0.39 is 15.8 Å². The van der Waals surface area contributed by atoms with Crippen LogP contribution in [0.4, 0.5) is 4.39 Å². The van der Waals surface area contributed by atoms with Crippen LogP contribution in [0, 0.1) is 5.82 Å².